The molecule has 4 atom stereocenters. The van der Waals surface area contributed by atoms with Crippen LogP contribution in [0.15, 0.2) is 12.1 Å². The molecule has 2 saturated carbocycles. The molecule has 0 bridgehead atoms. The molecule has 0 aromatic heterocycles. The van der Waals surface area contributed by atoms with E-state index in [1.54, 1.807) is 5.56 Å². The second-order valence-corrected chi connectivity index (χ2v) is 9.60. The smallest absolute Gasteiger partial charge is 0.321 e. The van der Waals surface area contributed by atoms with Crippen molar-refractivity contribution in [2.24, 2.45) is 17.3 Å². The highest BCUT2D eigenvalue weighted by Gasteiger charge is 2.57. The van der Waals surface area contributed by atoms with E-state index in [0.717, 1.165) is 18.3 Å². The number of halogens is 1. The number of benzene rings is 1. The fourth-order valence-corrected chi connectivity index (χ4v) is 6.85. The molecule has 2 nitrogen and oxygen atoms in total. The zero-order valence-electron chi connectivity index (χ0n) is 15.7. The van der Waals surface area contributed by atoms with Gasteiger partial charge in [-0.1, -0.05) is 42.6 Å². The van der Waals surface area contributed by atoms with Gasteiger partial charge in [0.2, 0.25) is 0 Å². The number of carbonyl (C=O) groups excluding carboxylic acids is 1. The van der Waals surface area contributed by atoms with Gasteiger partial charge in [-0.05, 0) is 90.5 Å². The Bertz CT molecular complexity index is 712. The average molecular weight is 405 g/mol. The molecule has 0 amide bonds. The third kappa shape index (κ3) is 2.60. The second kappa shape index (κ2) is 6.11. The van der Waals surface area contributed by atoms with Gasteiger partial charge in [0.1, 0.15) is 11.1 Å². The number of ether oxygens (including phenoxy) is 1. The molecule has 0 heterocycles. The van der Waals surface area contributed by atoms with Crippen molar-refractivity contribution in [2.45, 2.75) is 71.1 Å². The van der Waals surface area contributed by atoms with E-state index in [1.165, 1.54) is 49.7 Å². The Morgan fingerprint density at radius 2 is 2.04 bits per heavy atom. The summed E-state index contributed by atoms with van der Waals surface area (Å²) in [5, 5.41) is 0.239. The van der Waals surface area contributed by atoms with Crippen molar-refractivity contribution in [1.29, 1.82) is 0 Å². The van der Waals surface area contributed by atoms with E-state index >= 15 is 0 Å². The lowest BCUT2D eigenvalue weighted by molar-refractivity contribution is -0.131. The van der Waals surface area contributed by atoms with Gasteiger partial charge in [0, 0.05) is 0 Å². The number of alkyl halides is 1. The van der Waals surface area contributed by atoms with Crippen LogP contribution < -0.4 is 4.74 Å². The van der Waals surface area contributed by atoms with E-state index in [0.29, 0.717) is 16.6 Å². The van der Waals surface area contributed by atoms with Gasteiger partial charge in [-0.15, -0.1) is 0 Å². The van der Waals surface area contributed by atoms with Crippen LogP contribution in [0.3, 0.4) is 0 Å². The first kappa shape index (κ1) is 17.6. The van der Waals surface area contributed by atoms with Crippen LogP contribution in [0.5, 0.6) is 5.75 Å². The largest absolute Gasteiger partial charge is 0.426 e. The number of esters is 1. The van der Waals surface area contributed by atoms with Gasteiger partial charge >= 0.3 is 5.97 Å². The van der Waals surface area contributed by atoms with Crippen LogP contribution in [0.1, 0.15) is 69.1 Å². The van der Waals surface area contributed by atoms with Gasteiger partial charge in [0.15, 0.2) is 0 Å². The maximum absolute atomic E-state index is 11.7. The predicted molar refractivity (Wildman–Crippen MR) is 104 cm³/mol. The van der Waals surface area contributed by atoms with Crippen LogP contribution in [0.2, 0.25) is 0 Å². The van der Waals surface area contributed by atoms with E-state index in [2.05, 4.69) is 48.8 Å². The number of aryl methyl sites for hydroxylation is 1. The molecular weight excluding hydrogens is 376 g/mol. The highest BCUT2D eigenvalue weighted by atomic mass is 79.9. The molecule has 136 valence electrons. The Kier molecular flexibility index (Phi) is 4.30. The molecule has 4 rings (SSSR count). The molecule has 25 heavy (non-hydrogen) atoms. The van der Waals surface area contributed by atoms with Crippen molar-refractivity contribution in [3.05, 3.63) is 28.8 Å². The molecule has 1 aromatic rings. The monoisotopic (exact) mass is 404 g/mol. The summed E-state index contributed by atoms with van der Waals surface area (Å²) in [7, 11) is 0. The summed E-state index contributed by atoms with van der Waals surface area (Å²) in [4.78, 5) is 11.7. The molecule has 0 radical (unpaired) electrons. The first-order valence-electron chi connectivity index (χ1n) is 9.79. The third-order valence-electron chi connectivity index (χ3n) is 7.75. The quantitative estimate of drug-likeness (QED) is 0.358. The number of carbonyl (C=O) groups is 1. The maximum Gasteiger partial charge on any atom is 0.321 e. The molecule has 0 N–H and O–H groups in total. The van der Waals surface area contributed by atoms with E-state index < -0.39 is 0 Å². The van der Waals surface area contributed by atoms with Crippen LogP contribution in [0.25, 0.3) is 0 Å². The number of hydrogen-bond donors (Lipinski definition) is 0. The predicted octanol–water partition coefficient (Wildman–Crippen LogP) is 5.72. The Balaban J connectivity index is 1.74. The highest BCUT2D eigenvalue weighted by molar-refractivity contribution is 9.09. The van der Waals surface area contributed by atoms with Crippen LogP contribution >= 0.6 is 15.9 Å². The summed E-state index contributed by atoms with van der Waals surface area (Å²) in [5.41, 5.74) is 5.06. The lowest BCUT2D eigenvalue weighted by Crippen LogP contribution is -2.50. The molecule has 3 aliphatic rings. The number of rotatable bonds is 2. The van der Waals surface area contributed by atoms with Crippen molar-refractivity contribution >= 4 is 21.9 Å². The summed E-state index contributed by atoms with van der Waals surface area (Å²) >= 11 is 3.18. The Hall–Kier alpha value is -0.830. The molecule has 0 spiro atoms. The molecule has 1 unspecified atom stereocenters. The number of hydrogen-bond acceptors (Lipinski definition) is 2. The summed E-state index contributed by atoms with van der Waals surface area (Å²) < 4.78 is 5.50. The van der Waals surface area contributed by atoms with Crippen LogP contribution in [0.4, 0.5) is 0 Å². The SMILES string of the molecule is Cc1cc(OC(=O)CBr)cc2c1[C@]1(C)CCC3CCCC[C@]3(C)[C@H]1C2. The standard InChI is InChI=1S/C22H29BrO2/c1-14-10-17(25-19(24)13-23)11-15-12-18-21(2)8-5-4-6-16(21)7-9-22(18,3)20(14)15/h10-11,16,18H,4-9,12-13H2,1-3H3/t16?,18-,21+,22-/m1/s1. The molecule has 3 aliphatic carbocycles. The highest BCUT2D eigenvalue weighted by Crippen LogP contribution is 2.64. The van der Waals surface area contributed by atoms with Gasteiger partial charge < -0.3 is 4.74 Å². The van der Waals surface area contributed by atoms with E-state index in [4.69, 9.17) is 4.74 Å². The normalized spacial score (nSPS) is 36.3. The van der Waals surface area contributed by atoms with Crippen molar-refractivity contribution in [1.82, 2.24) is 0 Å². The van der Waals surface area contributed by atoms with Crippen molar-refractivity contribution in [2.75, 3.05) is 5.33 Å². The summed E-state index contributed by atoms with van der Waals surface area (Å²) in [6.07, 6.45) is 9.46. The van der Waals surface area contributed by atoms with Crippen molar-refractivity contribution in [3.63, 3.8) is 0 Å². The lowest BCUT2D eigenvalue weighted by Gasteiger charge is -2.56. The van der Waals surface area contributed by atoms with Gasteiger partial charge in [0.25, 0.3) is 0 Å². The Labute approximate surface area is 159 Å². The zero-order valence-corrected chi connectivity index (χ0v) is 17.2. The fourth-order valence-electron chi connectivity index (χ4n) is 6.74. The topological polar surface area (TPSA) is 26.3 Å². The second-order valence-electron chi connectivity index (χ2n) is 9.04. The van der Waals surface area contributed by atoms with E-state index in [9.17, 15) is 4.79 Å². The number of fused-ring (bicyclic) bond motifs is 5. The first-order chi connectivity index (χ1) is 11.9. The molecule has 0 aliphatic heterocycles. The maximum atomic E-state index is 11.7. The summed E-state index contributed by atoms with van der Waals surface area (Å²) in [6.45, 7) is 7.29. The minimum Gasteiger partial charge on any atom is -0.426 e. The van der Waals surface area contributed by atoms with Crippen LogP contribution in [0, 0.1) is 24.2 Å². The van der Waals surface area contributed by atoms with E-state index in [-0.39, 0.29) is 11.3 Å². The summed E-state index contributed by atoms with van der Waals surface area (Å²) in [6, 6.07) is 4.22. The van der Waals surface area contributed by atoms with Crippen LogP contribution in [-0.4, -0.2) is 11.3 Å². The minimum absolute atomic E-state index is 0.222. The van der Waals surface area contributed by atoms with Gasteiger partial charge in [-0.25, -0.2) is 0 Å². The zero-order chi connectivity index (χ0) is 17.8. The van der Waals surface area contributed by atoms with Gasteiger partial charge in [-0.3, -0.25) is 4.79 Å². The minimum atomic E-state index is -0.222. The summed E-state index contributed by atoms with van der Waals surface area (Å²) in [5.74, 6) is 2.13. The molecule has 2 fully saturated rings. The molecule has 0 saturated heterocycles. The van der Waals surface area contributed by atoms with Crippen molar-refractivity contribution in [3.8, 4) is 5.75 Å². The van der Waals surface area contributed by atoms with Crippen LogP contribution in [-0.2, 0) is 16.6 Å². The average Bonchev–Trinajstić information content (AvgIpc) is 2.88. The molecule has 1 aromatic carbocycles. The third-order valence-corrected chi connectivity index (χ3v) is 8.21. The van der Waals surface area contributed by atoms with Gasteiger partial charge in [0.05, 0.1) is 0 Å². The Morgan fingerprint density at radius 3 is 2.80 bits per heavy atom. The van der Waals surface area contributed by atoms with Crippen molar-refractivity contribution < 1.29 is 9.53 Å². The fraction of sp³-hybridized carbons (Fsp3) is 0.682. The first-order valence-corrected chi connectivity index (χ1v) is 10.9. The molecule has 3 heteroatoms. The Morgan fingerprint density at radius 1 is 1.24 bits per heavy atom. The van der Waals surface area contributed by atoms with Gasteiger partial charge in [-0.2, -0.15) is 0 Å². The lowest BCUT2D eigenvalue weighted by atomic mass is 9.48. The van der Waals surface area contributed by atoms with E-state index in [1.807, 2.05) is 0 Å². The molecular formula is C22H29BrO2.